The topological polar surface area (TPSA) is 68.2 Å². The molecule has 31 heavy (non-hydrogen) atoms. The van der Waals surface area contributed by atoms with E-state index in [1.165, 1.54) is 36.2 Å². The number of nitrogens with zero attached hydrogens (tertiary/aromatic N) is 2. The summed E-state index contributed by atoms with van der Waals surface area (Å²) in [6.07, 6.45) is -3.21. The van der Waals surface area contributed by atoms with E-state index >= 15 is 0 Å². The zero-order chi connectivity index (χ0) is 22.8. The molecule has 0 radical (unpaired) electrons. The summed E-state index contributed by atoms with van der Waals surface area (Å²) in [7, 11) is 3.03. The third-order valence-electron chi connectivity index (χ3n) is 4.41. The maximum atomic E-state index is 13.2. The van der Waals surface area contributed by atoms with Gasteiger partial charge in [0.15, 0.2) is 5.75 Å². The lowest BCUT2D eigenvalue weighted by atomic mass is 10.1. The van der Waals surface area contributed by atoms with Crippen molar-refractivity contribution >= 4 is 40.6 Å². The molecule has 164 valence electrons. The summed E-state index contributed by atoms with van der Waals surface area (Å²) in [5.74, 6) is 0.0115. The predicted octanol–water partition coefficient (Wildman–Crippen LogP) is 5.43. The number of aromatic nitrogens is 2. The number of nitrogens with one attached hydrogen (secondary N) is 2. The Morgan fingerprint density at radius 1 is 1.19 bits per heavy atom. The minimum atomic E-state index is -4.52. The van der Waals surface area contributed by atoms with E-state index in [0.717, 1.165) is 6.07 Å². The summed E-state index contributed by atoms with van der Waals surface area (Å²) in [5.41, 5.74) is -0.247. The molecule has 3 rings (SSSR count). The number of anilines is 2. The number of methoxy groups -OCH3 is 1. The fourth-order valence-corrected chi connectivity index (χ4v) is 3.58. The number of ether oxygens (including phenoxy) is 1. The Labute approximate surface area is 185 Å². The van der Waals surface area contributed by atoms with Crippen LogP contribution in [-0.4, -0.2) is 22.8 Å². The molecule has 6 nitrogen and oxygen atoms in total. The number of hydrogen-bond donors (Lipinski definition) is 2. The largest absolute Gasteiger partial charge is 0.494 e. The number of benzene rings is 2. The molecule has 1 heterocycles. The van der Waals surface area contributed by atoms with Crippen molar-refractivity contribution in [2.75, 3.05) is 12.4 Å². The minimum absolute atomic E-state index is 0.0459. The first-order chi connectivity index (χ1) is 14.6. The highest BCUT2D eigenvalue weighted by Crippen LogP contribution is 2.37. The summed E-state index contributed by atoms with van der Waals surface area (Å²) in [6.45, 7) is -0.303. The molecule has 0 saturated heterocycles. The number of alkyl halides is 3. The number of carbonyl (C=O) groups excluding carboxylic acids is 1. The van der Waals surface area contributed by atoms with Gasteiger partial charge < -0.3 is 15.4 Å². The van der Waals surface area contributed by atoms with Crippen LogP contribution in [0.25, 0.3) is 0 Å². The number of hydrogen-bond acceptors (Lipinski definition) is 4. The molecule has 1 amide bonds. The van der Waals surface area contributed by atoms with Gasteiger partial charge in [-0.05, 0) is 23.8 Å². The number of carbonyl (C=O) groups is 1. The smallest absolute Gasteiger partial charge is 0.416 e. The van der Waals surface area contributed by atoms with Gasteiger partial charge in [0, 0.05) is 19.3 Å². The molecule has 0 aliphatic carbocycles. The fourth-order valence-electron chi connectivity index (χ4n) is 2.94. The summed E-state index contributed by atoms with van der Waals surface area (Å²) in [5, 5.41) is 10.1. The highest BCUT2D eigenvalue weighted by atomic mass is 35.5. The van der Waals surface area contributed by atoms with E-state index in [9.17, 15) is 18.0 Å². The second-order valence-electron chi connectivity index (χ2n) is 6.47. The van der Waals surface area contributed by atoms with Crippen molar-refractivity contribution < 1.29 is 22.7 Å². The molecule has 11 heteroatoms. The van der Waals surface area contributed by atoms with E-state index in [-0.39, 0.29) is 27.7 Å². The molecule has 0 unspecified atom stereocenters. The fraction of sp³-hybridized carbons (Fsp3) is 0.200. The van der Waals surface area contributed by atoms with Crippen molar-refractivity contribution in [1.82, 2.24) is 15.1 Å². The second-order valence-corrected chi connectivity index (χ2v) is 7.28. The van der Waals surface area contributed by atoms with E-state index in [2.05, 4.69) is 15.7 Å². The molecule has 0 fully saturated rings. The molecule has 1 aromatic heterocycles. The number of rotatable bonds is 6. The third kappa shape index (κ3) is 5.05. The molecule has 0 bridgehead atoms. The van der Waals surface area contributed by atoms with Crippen LogP contribution in [0.5, 0.6) is 5.75 Å². The average Bonchev–Trinajstić information content (AvgIpc) is 3.06. The van der Waals surface area contributed by atoms with Gasteiger partial charge in [-0.1, -0.05) is 41.4 Å². The van der Waals surface area contributed by atoms with Crippen LogP contribution in [0, 0.1) is 0 Å². The highest BCUT2D eigenvalue weighted by molar-refractivity contribution is 6.37. The standard InChI is InChI=1S/C20H17Cl2F3N4O2/c1-29-18(28-12-7-15(21)17(31-2)16(22)8-12)13(10-27-29)19(30)26-9-11-5-3-4-6-14(11)20(23,24)25/h3-8,10,28H,9H2,1-2H3,(H,26,30). The maximum Gasteiger partial charge on any atom is 0.416 e. The summed E-state index contributed by atoms with van der Waals surface area (Å²) >= 11 is 12.3. The van der Waals surface area contributed by atoms with Gasteiger partial charge in [0.2, 0.25) is 0 Å². The molecule has 0 saturated carbocycles. The molecule has 2 N–H and O–H groups in total. The molecule has 0 aliphatic rings. The van der Waals surface area contributed by atoms with E-state index in [0.29, 0.717) is 17.3 Å². The van der Waals surface area contributed by atoms with Crippen LogP contribution < -0.4 is 15.4 Å². The van der Waals surface area contributed by atoms with Gasteiger partial charge in [-0.15, -0.1) is 0 Å². The Kier molecular flexibility index (Phi) is 6.66. The first kappa shape index (κ1) is 22.8. The Hall–Kier alpha value is -2.91. The van der Waals surface area contributed by atoms with Gasteiger partial charge in [0.1, 0.15) is 11.4 Å². The highest BCUT2D eigenvalue weighted by Gasteiger charge is 2.33. The lowest BCUT2D eigenvalue weighted by molar-refractivity contribution is -0.138. The summed E-state index contributed by atoms with van der Waals surface area (Å²) in [4.78, 5) is 12.7. The molecule has 2 aromatic carbocycles. The average molecular weight is 473 g/mol. The van der Waals surface area contributed by atoms with E-state index in [4.69, 9.17) is 27.9 Å². The SMILES string of the molecule is COc1c(Cl)cc(Nc2c(C(=O)NCc3ccccc3C(F)(F)F)cnn2C)cc1Cl. The normalized spacial score (nSPS) is 11.3. The molecule has 3 aromatic rings. The van der Waals surface area contributed by atoms with Crippen LogP contribution in [0.2, 0.25) is 10.0 Å². The zero-order valence-corrected chi connectivity index (χ0v) is 17.9. The predicted molar refractivity (Wildman–Crippen MR) is 112 cm³/mol. The minimum Gasteiger partial charge on any atom is -0.494 e. The Bertz CT molecular complexity index is 1090. The van der Waals surface area contributed by atoms with Crippen LogP contribution in [0.3, 0.4) is 0 Å². The number of halogens is 5. The van der Waals surface area contributed by atoms with Gasteiger partial charge in [0.25, 0.3) is 5.91 Å². The van der Waals surface area contributed by atoms with E-state index in [1.807, 2.05) is 0 Å². The Morgan fingerprint density at radius 3 is 2.45 bits per heavy atom. The van der Waals surface area contributed by atoms with Crippen molar-refractivity contribution in [3.8, 4) is 5.75 Å². The Balaban J connectivity index is 1.81. The van der Waals surface area contributed by atoms with Crippen molar-refractivity contribution in [3.05, 3.63) is 69.3 Å². The summed E-state index contributed by atoms with van der Waals surface area (Å²) < 4.78 is 46.0. The van der Waals surface area contributed by atoms with Crippen LogP contribution >= 0.6 is 23.2 Å². The second kappa shape index (κ2) is 9.07. The maximum absolute atomic E-state index is 13.2. The molecular weight excluding hydrogens is 456 g/mol. The van der Waals surface area contributed by atoms with Gasteiger partial charge in [-0.2, -0.15) is 18.3 Å². The van der Waals surface area contributed by atoms with Crippen molar-refractivity contribution in [2.24, 2.45) is 7.05 Å². The van der Waals surface area contributed by atoms with Crippen LogP contribution in [0.15, 0.2) is 42.6 Å². The van der Waals surface area contributed by atoms with Gasteiger partial charge in [-0.25, -0.2) is 0 Å². The molecule has 0 aliphatic heterocycles. The van der Waals surface area contributed by atoms with Crippen molar-refractivity contribution in [2.45, 2.75) is 12.7 Å². The van der Waals surface area contributed by atoms with Crippen LogP contribution in [0.4, 0.5) is 24.7 Å². The number of amides is 1. The molecule has 0 spiro atoms. The third-order valence-corrected chi connectivity index (χ3v) is 4.97. The van der Waals surface area contributed by atoms with Crippen molar-refractivity contribution in [1.29, 1.82) is 0 Å². The van der Waals surface area contributed by atoms with Gasteiger partial charge in [-0.3, -0.25) is 9.48 Å². The number of aryl methyl sites for hydroxylation is 1. The van der Waals surface area contributed by atoms with E-state index < -0.39 is 17.6 Å². The lowest BCUT2D eigenvalue weighted by Gasteiger charge is -2.14. The quantitative estimate of drug-likeness (QED) is 0.501. The lowest BCUT2D eigenvalue weighted by Crippen LogP contribution is -2.25. The zero-order valence-electron chi connectivity index (χ0n) is 16.3. The molecular formula is C20H17Cl2F3N4O2. The summed E-state index contributed by atoms with van der Waals surface area (Å²) in [6, 6.07) is 8.16. The monoisotopic (exact) mass is 472 g/mol. The van der Waals surface area contributed by atoms with Crippen molar-refractivity contribution in [3.63, 3.8) is 0 Å². The van der Waals surface area contributed by atoms with Crippen LogP contribution in [0.1, 0.15) is 21.5 Å². The van der Waals surface area contributed by atoms with Crippen LogP contribution in [-0.2, 0) is 19.8 Å². The first-order valence-corrected chi connectivity index (χ1v) is 9.62. The van der Waals surface area contributed by atoms with E-state index in [1.54, 1.807) is 19.2 Å². The van der Waals surface area contributed by atoms with Gasteiger partial charge >= 0.3 is 6.18 Å². The molecule has 0 atom stereocenters. The van der Waals surface area contributed by atoms with Gasteiger partial charge in [0.05, 0.1) is 28.9 Å². The Morgan fingerprint density at radius 2 is 1.84 bits per heavy atom. The first-order valence-electron chi connectivity index (χ1n) is 8.87.